The van der Waals surface area contributed by atoms with E-state index >= 15 is 0 Å². The molecule has 1 aromatic rings. The number of aliphatic hydroxyl groups excluding tert-OH is 1. The van der Waals surface area contributed by atoms with Gasteiger partial charge in [-0.15, -0.1) is 0 Å². The Morgan fingerprint density at radius 2 is 2.08 bits per heavy atom. The molecular formula is C19H33NO2S2. The minimum Gasteiger partial charge on any atom is -0.396 e. The minimum atomic E-state index is 0.00751. The predicted octanol–water partition coefficient (Wildman–Crippen LogP) is 5.58. The highest BCUT2D eigenvalue weighted by molar-refractivity contribution is 8.76. The van der Waals surface area contributed by atoms with Crippen molar-refractivity contribution < 1.29 is 9.84 Å². The van der Waals surface area contributed by atoms with E-state index in [1.807, 2.05) is 29.1 Å². The molecule has 1 aromatic heterocycles. The van der Waals surface area contributed by atoms with Crippen molar-refractivity contribution in [2.75, 3.05) is 13.2 Å². The summed E-state index contributed by atoms with van der Waals surface area (Å²) in [5.41, 5.74) is 0.00751. The molecule has 0 radical (unpaired) electrons. The van der Waals surface area contributed by atoms with E-state index in [0.29, 0.717) is 11.4 Å². The maximum absolute atomic E-state index is 9.42. The molecule has 0 amide bonds. The summed E-state index contributed by atoms with van der Waals surface area (Å²) in [6.45, 7) is 9.67. The van der Waals surface area contributed by atoms with Gasteiger partial charge in [-0.3, -0.25) is 0 Å². The third-order valence-electron chi connectivity index (χ3n) is 4.50. The number of ether oxygens (including phenoxy) is 1. The lowest BCUT2D eigenvalue weighted by molar-refractivity contribution is 0.0226. The highest BCUT2D eigenvalue weighted by Gasteiger charge is 2.20. The molecule has 0 saturated carbocycles. The van der Waals surface area contributed by atoms with Crippen molar-refractivity contribution in [3.05, 3.63) is 24.4 Å². The van der Waals surface area contributed by atoms with Gasteiger partial charge in [0.1, 0.15) is 5.03 Å². The van der Waals surface area contributed by atoms with E-state index in [0.717, 1.165) is 30.9 Å². The Bertz CT molecular complexity index is 427. The lowest BCUT2D eigenvalue weighted by Gasteiger charge is -2.26. The predicted molar refractivity (Wildman–Crippen MR) is 107 cm³/mol. The fourth-order valence-corrected chi connectivity index (χ4v) is 4.36. The second-order valence-corrected chi connectivity index (χ2v) is 9.50. The van der Waals surface area contributed by atoms with Crippen LogP contribution in [0.1, 0.15) is 59.8 Å². The van der Waals surface area contributed by atoms with Crippen LogP contribution in [0.5, 0.6) is 0 Å². The molecular weight excluding hydrogens is 338 g/mol. The van der Waals surface area contributed by atoms with E-state index in [9.17, 15) is 5.11 Å². The molecule has 3 nitrogen and oxygen atoms in total. The Hall–Kier alpha value is -0.230. The number of hydrogen-bond donors (Lipinski definition) is 1. The molecule has 0 saturated heterocycles. The maximum atomic E-state index is 9.42. The van der Waals surface area contributed by atoms with Crippen molar-refractivity contribution in [2.24, 2.45) is 5.41 Å². The van der Waals surface area contributed by atoms with E-state index in [-0.39, 0.29) is 12.0 Å². The first-order valence-corrected chi connectivity index (χ1v) is 11.2. The summed E-state index contributed by atoms with van der Waals surface area (Å²) in [6, 6.07) is 6.03. The molecule has 0 aliphatic heterocycles. The zero-order valence-corrected chi connectivity index (χ0v) is 17.2. The van der Waals surface area contributed by atoms with Crippen LogP contribution in [0.2, 0.25) is 0 Å². The SMILES string of the molecule is CCC(C)(CO)CCOC(C)CCCC(C)SSc1ccccn1. The lowest BCUT2D eigenvalue weighted by atomic mass is 9.85. The van der Waals surface area contributed by atoms with E-state index in [4.69, 9.17) is 4.74 Å². The van der Waals surface area contributed by atoms with Crippen LogP contribution in [0.4, 0.5) is 0 Å². The maximum Gasteiger partial charge on any atom is 0.106 e. The largest absolute Gasteiger partial charge is 0.396 e. The smallest absolute Gasteiger partial charge is 0.106 e. The number of pyridine rings is 1. The Morgan fingerprint density at radius 1 is 1.29 bits per heavy atom. The Labute approximate surface area is 155 Å². The number of nitrogens with zero attached hydrogens (tertiary/aromatic N) is 1. The van der Waals surface area contributed by atoms with Crippen molar-refractivity contribution in [3.8, 4) is 0 Å². The zero-order valence-electron chi connectivity index (χ0n) is 15.5. The number of hydrogen-bond acceptors (Lipinski definition) is 5. The normalized spacial score (nSPS) is 16.5. The lowest BCUT2D eigenvalue weighted by Crippen LogP contribution is -2.23. The molecule has 0 aliphatic carbocycles. The average Bonchev–Trinajstić information content (AvgIpc) is 2.60. The molecule has 1 N–H and O–H groups in total. The number of rotatable bonds is 13. The van der Waals surface area contributed by atoms with Gasteiger partial charge in [-0.25, -0.2) is 4.98 Å². The first kappa shape index (κ1) is 21.8. The van der Waals surface area contributed by atoms with Crippen molar-refractivity contribution in [1.82, 2.24) is 4.98 Å². The molecule has 0 aliphatic rings. The van der Waals surface area contributed by atoms with Gasteiger partial charge in [0, 0.05) is 24.7 Å². The van der Waals surface area contributed by atoms with Gasteiger partial charge in [-0.2, -0.15) is 0 Å². The fourth-order valence-electron chi connectivity index (χ4n) is 2.23. The van der Waals surface area contributed by atoms with Crippen LogP contribution in [0.25, 0.3) is 0 Å². The minimum absolute atomic E-state index is 0.00751. The van der Waals surface area contributed by atoms with Gasteiger partial charge in [-0.1, -0.05) is 37.6 Å². The highest BCUT2D eigenvalue weighted by atomic mass is 33.1. The van der Waals surface area contributed by atoms with E-state index in [1.54, 1.807) is 10.8 Å². The van der Waals surface area contributed by atoms with Crippen molar-refractivity contribution in [2.45, 2.75) is 76.2 Å². The van der Waals surface area contributed by atoms with Crippen molar-refractivity contribution in [3.63, 3.8) is 0 Å². The fraction of sp³-hybridized carbons (Fsp3) is 0.737. The van der Waals surface area contributed by atoms with Crippen LogP contribution in [0, 0.1) is 5.41 Å². The summed E-state index contributed by atoms with van der Waals surface area (Å²) in [6.07, 6.45) is 7.53. The zero-order chi connectivity index (χ0) is 17.8. The monoisotopic (exact) mass is 371 g/mol. The first-order valence-electron chi connectivity index (χ1n) is 8.96. The van der Waals surface area contributed by atoms with E-state index in [2.05, 4.69) is 38.7 Å². The molecule has 5 heteroatoms. The molecule has 0 aromatic carbocycles. The number of aliphatic hydroxyl groups is 1. The van der Waals surface area contributed by atoms with Gasteiger partial charge in [-0.05, 0) is 67.4 Å². The molecule has 24 heavy (non-hydrogen) atoms. The number of aromatic nitrogens is 1. The van der Waals surface area contributed by atoms with Gasteiger partial charge < -0.3 is 9.84 Å². The summed E-state index contributed by atoms with van der Waals surface area (Å²) >= 11 is 0. The van der Waals surface area contributed by atoms with Crippen molar-refractivity contribution >= 4 is 21.6 Å². The Balaban J connectivity index is 2.08. The molecule has 0 fully saturated rings. The summed E-state index contributed by atoms with van der Waals surface area (Å²) < 4.78 is 5.92. The van der Waals surface area contributed by atoms with Crippen molar-refractivity contribution in [1.29, 1.82) is 0 Å². The van der Waals surface area contributed by atoms with Crippen LogP contribution in [-0.4, -0.2) is 34.7 Å². The third-order valence-corrected chi connectivity index (χ3v) is 7.36. The topological polar surface area (TPSA) is 42.4 Å². The summed E-state index contributed by atoms with van der Waals surface area (Å²) in [7, 11) is 3.65. The van der Waals surface area contributed by atoms with E-state index < -0.39 is 0 Å². The van der Waals surface area contributed by atoms with Crippen LogP contribution >= 0.6 is 21.6 Å². The molecule has 3 unspecified atom stereocenters. The first-order chi connectivity index (χ1) is 11.5. The molecule has 1 rings (SSSR count). The highest BCUT2D eigenvalue weighted by Crippen LogP contribution is 2.34. The summed E-state index contributed by atoms with van der Waals surface area (Å²) in [5.74, 6) is 0. The van der Waals surface area contributed by atoms with Gasteiger partial charge >= 0.3 is 0 Å². The Morgan fingerprint density at radius 3 is 2.71 bits per heavy atom. The molecule has 0 spiro atoms. The van der Waals surface area contributed by atoms with Gasteiger partial charge in [0.15, 0.2) is 0 Å². The van der Waals surface area contributed by atoms with Crippen LogP contribution in [-0.2, 0) is 4.74 Å². The molecule has 0 bridgehead atoms. The Kier molecular flexibility index (Phi) is 11.1. The van der Waals surface area contributed by atoms with Crippen LogP contribution in [0.3, 0.4) is 0 Å². The molecule has 3 atom stereocenters. The average molecular weight is 372 g/mol. The summed E-state index contributed by atoms with van der Waals surface area (Å²) in [4.78, 5) is 4.33. The standard InChI is InChI=1S/C19H33NO2S2/c1-5-19(4,15-21)12-14-22-16(2)9-8-10-17(3)23-24-18-11-6-7-13-20-18/h6-7,11,13,16-17,21H,5,8-10,12,14-15H2,1-4H3. The summed E-state index contributed by atoms with van der Waals surface area (Å²) in [5, 5.41) is 11.1. The second kappa shape index (κ2) is 12.2. The van der Waals surface area contributed by atoms with E-state index in [1.165, 1.54) is 12.8 Å². The van der Waals surface area contributed by atoms with Gasteiger partial charge in [0.2, 0.25) is 0 Å². The quantitative estimate of drug-likeness (QED) is 0.458. The third kappa shape index (κ3) is 9.30. The second-order valence-electron chi connectivity index (χ2n) is 6.84. The molecule has 1 heterocycles. The van der Waals surface area contributed by atoms with Crippen LogP contribution < -0.4 is 0 Å². The molecule has 138 valence electrons. The van der Waals surface area contributed by atoms with Gasteiger partial charge in [0.05, 0.1) is 6.10 Å². The van der Waals surface area contributed by atoms with Gasteiger partial charge in [0.25, 0.3) is 0 Å². The van der Waals surface area contributed by atoms with Crippen LogP contribution in [0.15, 0.2) is 29.4 Å².